The third-order valence-electron chi connectivity index (χ3n) is 3.61. The van der Waals surface area contributed by atoms with Gasteiger partial charge in [0.05, 0.1) is 6.61 Å². The molecule has 1 aromatic rings. The fourth-order valence-electron chi connectivity index (χ4n) is 2.80. The first-order chi connectivity index (χ1) is 9.10. The van der Waals surface area contributed by atoms with Crippen molar-refractivity contribution in [2.45, 2.75) is 25.8 Å². The van der Waals surface area contributed by atoms with Crippen LogP contribution in [0.5, 0.6) is 0 Å². The van der Waals surface area contributed by atoms with Crippen molar-refractivity contribution < 1.29 is 4.74 Å². The predicted molar refractivity (Wildman–Crippen MR) is 83.7 cm³/mol. The summed E-state index contributed by atoms with van der Waals surface area (Å²) in [5.41, 5.74) is 8.63. The van der Waals surface area contributed by atoms with Crippen LogP contribution >= 0.6 is 15.9 Å². The Morgan fingerprint density at radius 2 is 2.32 bits per heavy atom. The fourth-order valence-corrected chi connectivity index (χ4v) is 3.20. The molecule has 19 heavy (non-hydrogen) atoms. The molecule has 1 aromatic carbocycles. The van der Waals surface area contributed by atoms with Crippen molar-refractivity contribution in [2.24, 2.45) is 11.7 Å². The topological polar surface area (TPSA) is 38.5 Å². The second kappa shape index (κ2) is 6.73. The standard InChI is InChI=1S/C15H23BrN2O/c1-11(17)7-13-8-14(16)3-4-15(13)18-6-5-12(9-18)10-19-2/h3-4,8,11-12H,5-7,9-10,17H2,1-2H3. The molecule has 2 atom stereocenters. The van der Waals surface area contributed by atoms with Gasteiger partial charge in [0.15, 0.2) is 0 Å². The number of nitrogens with two attached hydrogens (primary N) is 1. The Bertz CT molecular complexity index is 423. The van der Waals surface area contributed by atoms with E-state index >= 15 is 0 Å². The van der Waals surface area contributed by atoms with Crippen molar-refractivity contribution in [1.29, 1.82) is 0 Å². The largest absolute Gasteiger partial charge is 0.384 e. The maximum absolute atomic E-state index is 5.96. The lowest BCUT2D eigenvalue weighted by Gasteiger charge is -2.23. The van der Waals surface area contributed by atoms with Gasteiger partial charge < -0.3 is 15.4 Å². The Hall–Kier alpha value is -0.580. The normalized spacial score (nSPS) is 20.8. The van der Waals surface area contributed by atoms with Crippen LogP contribution in [0.2, 0.25) is 0 Å². The third-order valence-corrected chi connectivity index (χ3v) is 4.11. The van der Waals surface area contributed by atoms with E-state index in [1.165, 1.54) is 17.7 Å². The van der Waals surface area contributed by atoms with Crippen LogP contribution in [0.25, 0.3) is 0 Å². The van der Waals surface area contributed by atoms with Crippen molar-refractivity contribution in [2.75, 3.05) is 31.7 Å². The summed E-state index contributed by atoms with van der Waals surface area (Å²) in [6.07, 6.45) is 2.13. The van der Waals surface area contributed by atoms with Gasteiger partial charge >= 0.3 is 0 Å². The molecule has 0 aliphatic carbocycles. The molecule has 1 aliphatic heterocycles. The highest BCUT2D eigenvalue weighted by Crippen LogP contribution is 2.30. The zero-order valence-electron chi connectivity index (χ0n) is 11.7. The highest BCUT2D eigenvalue weighted by atomic mass is 79.9. The molecule has 1 aliphatic rings. The van der Waals surface area contributed by atoms with Gasteiger partial charge in [-0.05, 0) is 43.5 Å². The van der Waals surface area contributed by atoms with E-state index in [0.29, 0.717) is 5.92 Å². The highest BCUT2D eigenvalue weighted by Gasteiger charge is 2.24. The van der Waals surface area contributed by atoms with E-state index in [4.69, 9.17) is 10.5 Å². The molecule has 0 radical (unpaired) electrons. The molecule has 1 heterocycles. The zero-order valence-corrected chi connectivity index (χ0v) is 13.3. The molecule has 2 rings (SSSR count). The van der Waals surface area contributed by atoms with Crippen LogP contribution in [0, 0.1) is 5.92 Å². The van der Waals surface area contributed by atoms with E-state index in [1.54, 1.807) is 7.11 Å². The number of ether oxygens (including phenoxy) is 1. The summed E-state index contributed by atoms with van der Waals surface area (Å²) in [7, 11) is 1.78. The van der Waals surface area contributed by atoms with Gasteiger partial charge in [-0.1, -0.05) is 15.9 Å². The van der Waals surface area contributed by atoms with Crippen LogP contribution in [0.4, 0.5) is 5.69 Å². The van der Waals surface area contributed by atoms with Gasteiger partial charge in [-0.15, -0.1) is 0 Å². The van der Waals surface area contributed by atoms with Crippen LogP contribution in [0.3, 0.4) is 0 Å². The first kappa shape index (κ1) is 14.8. The highest BCUT2D eigenvalue weighted by molar-refractivity contribution is 9.10. The minimum absolute atomic E-state index is 0.186. The first-order valence-electron chi connectivity index (χ1n) is 6.88. The van der Waals surface area contributed by atoms with Gasteiger partial charge in [-0.3, -0.25) is 0 Å². The SMILES string of the molecule is COCC1CCN(c2ccc(Br)cc2CC(C)N)C1. The summed E-state index contributed by atoms with van der Waals surface area (Å²) in [5, 5.41) is 0. The smallest absolute Gasteiger partial charge is 0.0508 e. The van der Waals surface area contributed by atoms with Crippen LogP contribution in [-0.4, -0.2) is 32.8 Å². The van der Waals surface area contributed by atoms with Gasteiger partial charge in [0.25, 0.3) is 0 Å². The molecule has 0 aromatic heterocycles. The van der Waals surface area contributed by atoms with Crippen molar-refractivity contribution in [3.05, 3.63) is 28.2 Å². The third kappa shape index (κ3) is 3.94. The predicted octanol–water partition coefficient (Wildman–Crippen LogP) is 2.81. The molecule has 0 bridgehead atoms. The lowest BCUT2D eigenvalue weighted by atomic mass is 10.0. The number of nitrogens with zero attached hydrogens (tertiary/aromatic N) is 1. The Labute approximate surface area is 124 Å². The van der Waals surface area contributed by atoms with Gasteiger partial charge in [-0.2, -0.15) is 0 Å². The Kier molecular flexibility index (Phi) is 5.25. The number of halogens is 1. The Balaban J connectivity index is 2.15. The molecular formula is C15H23BrN2O. The molecule has 3 nitrogen and oxygen atoms in total. The minimum atomic E-state index is 0.186. The monoisotopic (exact) mass is 326 g/mol. The van der Waals surface area contributed by atoms with Gasteiger partial charge in [-0.25, -0.2) is 0 Å². The molecule has 2 unspecified atom stereocenters. The van der Waals surface area contributed by atoms with E-state index in [-0.39, 0.29) is 6.04 Å². The lowest BCUT2D eigenvalue weighted by molar-refractivity contribution is 0.161. The summed E-state index contributed by atoms with van der Waals surface area (Å²) < 4.78 is 6.39. The van der Waals surface area contributed by atoms with E-state index in [2.05, 4.69) is 46.0 Å². The van der Waals surface area contributed by atoms with E-state index < -0.39 is 0 Å². The molecular weight excluding hydrogens is 304 g/mol. The van der Waals surface area contributed by atoms with Gasteiger partial charge in [0, 0.05) is 42.3 Å². The van der Waals surface area contributed by atoms with Crippen molar-refractivity contribution >= 4 is 21.6 Å². The second-order valence-electron chi connectivity index (χ2n) is 5.51. The maximum Gasteiger partial charge on any atom is 0.0508 e. The van der Waals surface area contributed by atoms with Crippen LogP contribution < -0.4 is 10.6 Å². The van der Waals surface area contributed by atoms with Crippen LogP contribution in [-0.2, 0) is 11.2 Å². The molecule has 2 N–H and O–H groups in total. The minimum Gasteiger partial charge on any atom is -0.384 e. The maximum atomic E-state index is 5.96. The molecule has 1 saturated heterocycles. The number of benzene rings is 1. The Morgan fingerprint density at radius 1 is 1.53 bits per heavy atom. The number of hydrogen-bond acceptors (Lipinski definition) is 3. The fraction of sp³-hybridized carbons (Fsp3) is 0.600. The lowest BCUT2D eigenvalue weighted by Crippen LogP contribution is -2.24. The van der Waals surface area contributed by atoms with Crippen molar-refractivity contribution in [3.63, 3.8) is 0 Å². The number of anilines is 1. The van der Waals surface area contributed by atoms with Gasteiger partial charge in [0.2, 0.25) is 0 Å². The number of rotatable bonds is 5. The molecule has 0 spiro atoms. The average molecular weight is 327 g/mol. The Morgan fingerprint density at radius 3 is 3.00 bits per heavy atom. The number of hydrogen-bond donors (Lipinski definition) is 1. The van der Waals surface area contributed by atoms with E-state index in [0.717, 1.165) is 30.6 Å². The van der Waals surface area contributed by atoms with Crippen molar-refractivity contribution in [3.8, 4) is 0 Å². The summed E-state index contributed by atoms with van der Waals surface area (Å²) in [4.78, 5) is 2.47. The summed E-state index contributed by atoms with van der Waals surface area (Å²) >= 11 is 3.55. The summed E-state index contributed by atoms with van der Waals surface area (Å²) in [5.74, 6) is 0.650. The van der Waals surface area contributed by atoms with Crippen LogP contribution in [0.15, 0.2) is 22.7 Å². The summed E-state index contributed by atoms with van der Waals surface area (Å²) in [6, 6.07) is 6.70. The van der Waals surface area contributed by atoms with Crippen LogP contribution in [0.1, 0.15) is 18.9 Å². The molecule has 1 fully saturated rings. The average Bonchev–Trinajstić information content (AvgIpc) is 2.77. The van der Waals surface area contributed by atoms with E-state index in [9.17, 15) is 0 Å². The van der Waals surface area contributed by atoms with E-state index in [1.807, 2.05) is 0 Å². The number of methoxy groups -OCH3 is 1. The molecule has 106 valence electrons. The zero-order chi connectivity index (χ0) is 13.8. The molecule has 4 heteroatoms. The first-order valence-corrected chi connectivity index (χ1v) is 7.67. The van der Waals surface area contributed by atoms with Gasteiger partial charge in [0.1, 0.15) is 0 Å². The van der Waals surface area contributed by atoms with Crippen molar-refractivity contribution in [1.82, 2.24) is 0 Å². The quantitative estimate of drug-likeness (QED) is 0.904. The molecule has 0 amide bonds. The molecule has 0 saturated carbocycles. The summed E-state index contributed by atoms with van der Waals surface area (Å²) in [6.45, 7) is 5.11. The second-order valence-corrected chi connectivity index (χ2v) is 6.43.